The molecule has 0 spiro atoms. The number of benzene rings is 3. The zero-order valence-electron chi connectivity index (χ0n) is 17.8. The predicted octanol–water partition coefficient (Wildman–Crippen LogP) is 3.71. The first-order valence-corrected chi connectivity index (χ1v) is 10.7. The number of carbonyl (C=O) groups is 2. The molecule has 0 bridgehead atoms. The van der Waals surface area contributed by atoms with E-state index in [-0.39, 0.29) is 31.1 Å². The van der Waals surface area contributed by atoms with E-state index in [1.807, 2.05) is 36.4 Å². The fourth-order valence-corrected chi connectivity index (χ4v) is 4.17. The molecule has 7 nitrogen and oxygen atoms in total. The summed E-state index contributed by atoms with van der Waals surface area (Å²) in [6.45, 7) is 0.309. The van der Waals surface area contributed by atoms with Gasteiger partial charge in [-0.25, -0.2) is 9.59 Å². The van der Waals surface area contributed by atoms with Crippen molar-refractivity contribution in [1.29, 1.82) is 0 Å². The van der Waals surface area contributed by atoms with Gasteiger partial charge < -0.3 is 25.4 Å². The van der Waals surface area contributed by atoms with Crippen molar-refractivity contribution in [3.05, 3.63) is 95.1 Å². The Balaban J connectivity index is 1.27. The topological polar surface area (TPSA) is 116 Å². The Kier molecular flexibility index (Phi) is 6.72. The summed E-state index contributed by atoms with van der Waals surface area (Å²) in [6, 6.07) is 21.8. The molecule has 1 amide bonds. The standard InChI is InChI=1S/C26H25NO6/c28-23(24(29)16-9-11-17(12-10-16)25(30)31)13-14-27-26(32)33-15-22-20-7-3-1-5-18(20)19-6-2-4-8-21(19)22/h1-12,22-24,28-29H,13-15H2,(H,27,32)(H,30,31). The minimum absolute atomic E-state index is 0.0377. The Hall–Kier alpha value is -3.68. The van der Waals surface area contributed by atoms with E-state index in [1.54, 1.807) is 0 Å². The molecule has 33 heavy (non-hydrogen) atoms. The van der Waals surface area contributed by atoms with Crippen LogP contribution in [0.1, 0.15) is 45.5 Å². The average Bonchev–Trinajstić information content (AvgIpc) is 3.16. The van der Waals surface area contributed by atoms with Crippen molar-refractivity contribution >= 4 is 12.1 Å². The molecular formula is C26H25NO6. The number of ether oxygens (including phenoxy) is 1. The first-order valence-electron chi connectivity index (χ1n) is 10.7. The number of aromatic carboxylic acids is 1. The van der Waals surface area contributed by atoms with Crippen LogP contribution in [0.4, 0.5) is 4.79 Å². The van der Waals surface area contributed by atoms with E-state index < -0.39 is 24.3 Å². The molecule has 0 heterocycles. The van der Waals surface area contributed by atoms with Crippen LogP contribution in [-0.4, -0.2) is 46.6 Å². The summed E-state index contributed by atoms with van der Waals surface area (Å²) in [5.41, 5.74) is 5.04. The van der Waals surface area contributed by atoms with Crippen LogP contribution in [0.2, 0.25) is 0 Å². The highest BCUT2D eigenvalue weighted by Crippen LogP contribution is 2.44. The molecule has 0 radical (unpaired) electrons. The van der Waals surface area contributed by atoms with Crippen LogP contribution in [-0.2, 0) is 4.74 Å². The summed E-state index contributed by atoms with van der Waals surface area (Å²) in [4.78, 5) is 23.1. The Bertz CT molecular complexity index is 1100. The summed E-state index contributed by atoms with van der Waals surface area (Å²) in [5, 5.41) is 32.0. The molecule has 7 heteroatoms. The molecule has 0 aromatic heterocycles. The van der Waals surface area contributed by atoms with Gasteiger partial charge in [-0.1, -0.05) is 60.7 Å². The zero-order chi connectivity index (χ0) is 23.4. The normalized spacial score (nSPS) is 14.1. The van der Waals surface area contributed by atoms with Crippen molar-refractivity contribution in [2.75, 3.05) is 13.2 Å². The lowest BCUT2D eigenvalue weighted by Crippen LogP contribution is -2.30. The lowest BCUT2D eigenvalue weighted by atomic mass is 9.98. The van der Waals surface area contributed by atoms with Crippen molar-refractivity contribution in [3.63, 3.8) is 0 Å². The van der Waals surface area contributed by atoms with Gasteiger partial charge in [0, 0.05) is 12.5 Å². The number of carboxylic acids is 1. The summed E-state index contributed by atoms with van der Waals surface area (Å²) in [5.74, 6) is -1.10. The first kappa shape index (κ1) is 22.5. The maximum Gasteiger partial charge on any atom is 0.407 e. The maximum atomic E-state index is 12.2. The largest absolute Gasteiger partial charge is 0.478 e. The number of carbonyl (C=O) groups excluding carboxylic acids is 1. The Morgan fingerprint density at radius 2 is 1.45 bits per heavy atom. The van der Waals surface area contributed by atoms with Gasteiger partial charge in [0.1, 0.15) is 12.7 Å². The quantitative estimate of drug-likeness (QED) is 0.418. The molecule has 4 N–H and O–H groups in total. The fourth-order valence-electron chi connectivity index (χ4n) is 4.17. The minimum atomic E-state index is -1.20. The number of aliphatic hydroxyl groups is 2. The third-order valence-corrected chi connectivity index (χ3v) is 5.92. The van der Waals surface area contributed by atoms with Gasteiger partial charge in [-0.15, -0.1) is 0 Å². The molecule has 1 aliphatic rings. The Labute approximate surface area is 191 Å². The van der Waals surface area contributed by atoms with Crippen molar-refractivity contribution in [2.45, 2.75) is 24.5 Å². The summed E-state index contributed by atoms with van der Waals surface area (Å²) in [6.07, 6.45) is -2.82. The smallest absolute Gasteiger partial charge is 0.407 e. The predicted molar refractivity (Wildman–Crippen MR) is 122 cm³/mol. The van der Waals surface area contributed by atoms with E-state index in [0.29, 0.717) is 5.56 Å². The molecule has 0 fully saturated rings. The van der Waals surface area contributed by atoms with Gasteiger partial charge in [-0.3, -0.25) is 0 Å². The monoisotopic (exact) mass is 447 g/mol. The van der Waals surface area contributed by atoms with Gasteiger partial charge in [0.15, 0.2) is 0 Å². The molecule has 2 unspecified atom stereocenters. The third-order valence-electron chi connectivity index (χ3n) is 5.92. The van der Waals surface area contributed by atoms with Crippen LogP contribution in [0.5, 0.6) is 0 Å². The number of hydrogen-bond donors (Lipinski definition) is 4. The van der Waals surface area contributed by atoms with Gasteiger partial charge in [-0.05, 0) is 46.4 Å². The summed E-state index contributed by atoms with van der Waals surface area (Å²) >= 11 is 0. The number of nitrogens with one attached hydrogen (secondary N) is 1. The lowest BCUT2D eigenvalue weighted by Gasteiger charge is -2.19. The van der Waals surface area contributed by atoms with Crippen molar-refractivity contribution in [2.24, 2.45) is 0 Å². The van der Waals surface area contributed by atoms with E-state index in [9.17, 15) is 19.8 Å². The molecule has 3 aromatic rings. The summed E-state index contributed by atoms with van der Waals surface area (Å²) < 4.78 is 5.45. The molecule has 0 saturated carbocycles. The summed E-state index contributed by atoms with van der Waals surface area (Å²) in [7, 11) is 0. The van der Waals surface area contributed by atoms with Crippen molar-refractivity contribution in [1.82, 2.24) is 5.32 Å². The Morgan fingerprint density at radius 1 is 0.879 bits per heavy atom. The molecule has 0 aliphatic heterocycles. The average molecular weight is 447 g/mol. The third kappa shape index (κ3) is 4.89. The molecule has 0 saturated heterocycles. The van der Waals surface area contributed by atoms with Crippen LogP contribution >= 0.6 is 0 Å². The van der Waals surface area contributed by atoms with Crippen molar-refractivity contribution < 1.29 is 29.6 Å². The van der Waals surface area contributed by atoms with Crippen LogP contribution in [0, 0.1) is 0 Å². The highest BCUT2D eigenvalue weighted by molar-refractivity contribution is 5.87. The minimum Gasteiger partial charge on any atom is -0.478 e. The van der Waals surface area contributed by atoms with Gasteiger partial charge in [0.05, 0.1) is 11.7 Å². The Morgan fingerprint density at radius 3 is 2.03 bits per heavy atom. The number of alkyl carbamates (subject to hydrolysis) is 1. The molecular weight excluding hydrogens is 422 g/mol. The highest BCUT2D eigenvalue weighted by atomic mass is 16.5. The second kappa shape index (κ2) is 9.85. The van der Waals surface area contributed by atoms with Crippen LogP contribution in [0.25, 0.3) is 11.1 Å². The molecule has 4 rings (SSSR count). The maximum absolute atomic E-state index is 12.2. The number of aliphatic hydroxyl groups excluding tert-OH is 2. The van der Waals surface area contributed by atoms with E-state index >= 15 is 0 Å². The highest BCUT2D eigenvalue weighted by Gasteiger charge is 2.29. The first-order chi connectivity index (χ1) is 16.0. The van der Waals surface area contributed by atoms with Crippen LogP contribution in [0.3, 0.4) is 0 Å². The second-order valence-corrected chi connectivity index (χ2v) is 7.98. The number of rotatable bonds is 8. The van der Waals surface area contributed by atoms with Gasteiger partial charge in [-0.2, -0.15) is 0 Å². The molecule has 3 aromatic carbocycles. The van der Waals surface area contributed by atoms with E-state index in [1.165, 1.54) is 24.3 Å². The fraction of sp³-hybridized carbons (Fsp3) is 0.231. The zero-order valence-corrected chi connectivity index (χ0v) is 17.8. The van der Waals surface area contributed by atoms with Gasteiger partial charge in [0.25, 0.3) is 0 Å². The number of fused-ring (bicyclic) bond motifs is 3. The SMILES string of the molecule is O=C(NCCC(O)C(O)c1ccc(C(=O)O)cc1)OCC1c2ccccc2-c2ccccc21. The molecule has 170 valence electrons. The van der Waals surface area contributed by atoms with E-state index in [0.717, 1.165) is 22.3 Å². The second-order valence-electron chi connectivity index (χ2n) is 7.98. The van der Waals surface area contributed by atoms with Gasteiger partial charge >= 0.3 is 12.1 Å². The number of hydrogen-bond acceptors (Lipinski definition) is 5. The van der Waals surface area contributed by atoms with E-state index in [4.69, 9.17) is 9.84 Å². The molecule has 1 aliphatic carbocycles. The van der Waals surface area contributed by atoms with Crippen LogP contribution in [0.15, 0.2) is 72.8 Å². The van der Waals surface area contributed by atoms with E-state index in [2.05, 4.69) is 17.4 Å². The number of carboxylic acid groups (broad SMARTS) is 1. The lowest BCUT2D eigenvalue weighted by molar-refractivity contribution is 0.0136. The van der Waals surface area contributed by atoms with Gasteiger partial charge in [0.2, 0.25) is 0 Å². The molecule has 2 atom stereocenters. The number of amides is 1. The van der Waals surface area contributed by atoms with Crippen LogP contribution < -0.4 is 5.32 Å². The van der Waals surface area contributed by atoms with Crippen molar-refractivity contribution in [3.8, 4) is 11.1 Å².